The summed E-state index contributed by atoms with van der Waals surface area (Å²) in [4.78, 5) is 2.45. The minimum Gasteiger partial charge on any atom is -0.326 e. The molecule has 0 saturated carbocycles. The molecule has 0 aliphatic carbocycles. The zero-order valence-electron chi connectivity index (χ0n) is 8.76. The zero-order chi connectivity index (χ0) is 9.52. The highest BCUT2D eigenvalue weighted by atomic mass is 15.2. The molecular formula is C10H23N3. The Balaban J connectivity index is 1.88. The van der Waals surface area contributed by atoms with Crippen LogP contribution in [0.1, 0.15) is 26.2 Å². The smallest absolute Gasteiger partial charge is 0.0180 e. The quantitative estimate of drug-likeness (QED) is 0.589. The second-order valence-corrected chi connectivity index (χ2v) is 3.95. The first-order valence-electron chi connectivity index (χ1n) is 5.51. The lowest BCUT2D eigenvalue weighted by Crippen LogP contribution is -2.33. The number of hydrogen-bond acceptors (Lipinski definition) is 3. The first kappa shape index (κ1) is 11.0. The van der Waals surface area contributed by atoms with Crippen LogP contribution in [0.5, 0.6) is 0 Å². The minimum absolute atomic E-state index is 0.427. The largest absolute Gasteiger partial charge is 0.326 e. The maximum Gasteiger partial charge on any atom is 0.0180 e. The van der Waals surface area contributed by atoms with Crippen molar-refractivity contribution in [1.82, 2.24) is 10.2 Å². The summed E-state index contributed by atoms with van der Waals surface area (Å²) in [5, 5.41) is 3.45. The van der Waals surface area contributed by atoms with Crippen molar-refractivity contribution in [2.24, 2.45) is 5.73 Å². The molecule has 13 heavy (non-hydrogen) atoms. The van der Waals surface area contributed by atoms with Gasteiger partial charge in [-0.2, -0.15) is 0 Å². The third-order valence-corrected chi connectivity index (χ3v) is 2.62. The van der Waals surface area contributed by atoms with E-state index in [0.717, 1.165) is 26.2 Å². The first-order chi connectivity index (χ1) is 6.33. The van der Waals surface area contributed by atoms with Crippen molar-refractivity contribution in [2.75, 3.05) is 32.7 Å². The summed E-state index contributed by atoms with van der Waals surface area (Å²) >= 11 is 0. The molecule has 1 atom stereocenters. The van der Waals surface area contributed by atoms with Gasteiger partial charge in [0.05, 0.1) is 0 Å². The fourth-order valence-corrected chi connectivity index (χ4v) is 1.73. The Kier molecular flexibility index (Phi) is 5.35. The van der Waals surface area contributed by atoms with E-state index in [1.54, 1.807) is 0 Å². The van der Waals surface area contributed by atoms with Gasteiger partial charge < -0.3 is 16.0 Å². The summed E-state index contributed by atoms with van der Waals surface area (Å²) in [7, 11) is 0. The number of hydrogen-bond donors (Lipinski definition) is 2. The highest BCUT2D eigenvalue weighted by molar-refractivity contribution is 4.77. The lowest BCUT2D eigenvalue weighted by Gasteiger charge is -2.15. The summed E-state index contributed by atoms with van der Waals surface area (Å²) < 4.78 is 0. The first-order valence-corrected chi connectivity index (χ1v) is 5.51. The van der Waals surface area contributed by atoms with Gasteiger partial charge in [-0.1, -0.05) is 13.3 Å². The number of nitrogens with zero attached hydrogens (tertiary/aromatic N) is 1. The third-order valence-electron chi connectivity index (χ3n) is 2.62. The van der Waals surface area contributed by atoms with Crippen LogP contribution in [0.25, 0.3) is 0 Å². The number of rotatable bonds is 6. The van der Waals surface area contributed by atoms with Crippen molar-refractivity contribution < 1.29 is 0 Å². The van der Waals surface area contributed by atoms with Gasteiger partial charge in [-0.25, -0.2) is 0 Å². The Morgan fingerprint density at radius 2 is 2.31 bits per heavy atom. The van der Waals surface area contributed by atoms with Crippen LogP contribution in [0.4, 0.5) is 0 Å². The maximum atomic E-state index is 5.81. The van der Waals surface area contributed by atoms with Gasteiger partial charge in [-0.3, -0.25) is 0 Å². The summed E-state index contributed by atoms with van der Waals surface area (Å²) in [5.41, 5.74) is 5.81. The topological polar surface area (TPSA) is 41.3 Å². The number of nitrogens with one attached hydrogen (secondary N) is 1. The highest BCUT2D eigenvalue weighted by Crippen LogP contribution is 2.04. The van der Waals surface area contributed by atoms with E-state index < -0.39 is 0 Å². The van der Waals surface area contributed by atoms with Crippen LogP contribution in [-0.2, 0) is 0 Å². The summed E-state index contributed by atoms with van der Waals surface area (Å²) in [6.07, 6.45) is 3.75. The predicted octanol–water partition coefficient (Wildman–Crippen LogP) is 0.409. The molecule has 0 spiro atoms. The van der Waals surface area contributed by atoms with Crippen LogP contribution in [0.15, 0.2) is 0 Å². The number of unbranched alkanes of at least 4 members (excludes halogenated alkanes) is 1. The van der Waals surface area contributed by atoms with Gasteiger partial charge in [0.25, 0.3) is 0 Å². The molecule has 1 rings (SSSR count). The lowest BCUT2D eigenvalue weighted by molar-refractivity contribution is 0.331. The molecule has 1 aliphatic rings. The molecule has 0 bridgehead atoms. The Bertz CT molecular complexity index is 127. The molecule has 1 heterocycles. The van der Waals surface area contributed by atoms with Crippen molar-refractivity contribution in [3.05, 3.63) is 0 Å². The molecule has 1 saturated heterocycles. The van der Waals surface area contributed by atoms with Crippen LogP contribution >= 0.6 is 0 Å². The van der Waals surface area contributed by atoms with Crippen LogP contribution in [0, 0.1) is 0 Å². The van der Waals surface area contributed by atoms with Gasteiger partial charge >= 0.3 is 0 Å². The molecule has 0 amide bonds. The summed E-state index contributed by atoms with van der Waals surface area (Å²) in [5.74, 6) is 0. The molecule has 78 valence electrons. The van der Waals surface area contributed by atoms with E-state index >= 15 is 0 Å². The summed E-state index contributed by atoms with van der Waals surface area (Å²) in [6.45, 7) is 7.95. The molecule has 0 aromatic carbocycles. The van der Waals surface area contributed by atoms with E-state index in [0.29, 0.717) is 6.04 Å². The zero-order valence-corrected chi connectivity index (χ0v) is 8.76. The highest BCUT2D eigenvalue weighted by Gasteiger charge is 2.17. The van der Waals surface area contributed by atoms with Gasteiger partial charge in [0, 0.05) is 25.7 Å². The maximum absolute atomic E-state index is 5.81. The van der Waals surface area contributed by atoms with Crippen molar-refractivity contribution in [3.8, 4) is 0 Å². The van der Waals surface area contributed by atoms with E-state index in [-0.39, 0.29) is 0 Å². The van der Waals surface area contributed by atoms with Gasteiger partial charge in [0.15, 0.2) is 0 Å². The molecule has 0 radical (unpaired) electrons. The van der Waals surface area contributed by atoms with E-state index in [4.69, 9.17) is 5.73 Å². The molecule has 0 unspecified atom stereocenters. The molecule has 0 aromatic heterocycles. The normalized spacial score (nSPS) is 24.0. The minimum atomic E-state index is 0.427. The average molecular weight is 185 g/mol. The Hall–Kier alpha value is -0.120. The van der Waals surface area contributed by atoms with Crippen LogP contribution in [0.3, 0.4) is 0 Å². The van der Waals surface area contributed by atoms with Crippen LogP contribution in [-0.4, -0.2) is 43.7 Å². The monoisotopic (exact) mass is 185 g/mol. The van der Waals surface area contributed by atoms with Gasteiger partial charge in [-0.05, 0) is 25.9 Å². The van der Waals surface area contributed by atoms with Crippen molar-refractivity contribution in [1.29, 1.82) is 0 Å². The molecule has 0 aromatic rings. The molecule has 3 heteroatoms. The average Bonchev–Trinajstić information content (AvgIpc) is 2.51. The Morgan fingerprint density at radius 1 is 1.46 bits per heavy atom. The predicted molar refractivity (Wildman–Crippen MR) is 56.8 cm³/mol. The molecule has 3 nitrogen and oxygen atoms in total. The fraction of sp³-hybridized carbons (Fsp3) is 1.00. The van der Waals surface area contributed by atoms with Crippen LogP contribution < -0.4 is 11.1 Å². The van der Waals surface area contributed by atoms with Crippen molar-refractivity contribution >= 4 is 0 Å². The molecule has 1 aliphatic heterocycles. The number of likely N-dealkylation sites (tertiary alicyclic amines) is 1. The standard InChI is InChI=1S/C10H23N3/c1-2-3-5-12-6-8-13-7-4-10(11)9-13/h10,12H,2-9,11H2,1H3/t10-/m1/s1. The Labute approximate surface area is 81.7 Å². The summed E-state index contributed by atoms with van der Waals surface area (Å²) in [6, 6.07) is 0.427. The third kappa shape index (κ3) is 4.60. The Morgan fingerprint density at radius 3 is 2.92 bits per heavy atom. The van der Waals surface area contributed by atoms with E-state index in [2.05, 4.69) is 17.1 Å². The van der Waals surface area contributed by atoms with E-state index in [9.17, 15) is 0 Å². The van der Waals surface area contributed by atoms with Crippen molar-refractivity contribution in [3.63, 3.8) is 0 Å². The second kappa shape index (κ2) is 6.35. The SMILES string of the molecule is CCCCNCCN1CC[C@@H](N)C1. The molecule has 1 fully saturated rings. The lowest BCUT2D eigenvalue weighted by atomic mass is 10.3. The van der Waals surface area contributed by atoms with Crippen LogP contribution in [0.2, 0.25) is 0 Å². The molecule has 3 N–H and O–H groups in total. The number of nitrogens with two attached hydrogens (primary N) is 1. The van der Waals surface area contributed by atoms with Gasteiger partial charge in [0.1, 0.15) is 0 Å². The molecular weight excluding hydrogens is 162 g/mol. The second-order valence-electron chi connectivity index (χ2n) is 3.95. The van der Waals surface area contributed by atoms with Crippen molar-refractivity contribution in [2.45, 2.75) is 32.2 Å². The van der Waals surface area contributed by atoms with Gasteiger partial charge in [-0.15, -0.1) is 0 Å². The van der Waals surface area contributed by atoms with E-state index in [1.165, 1.54) is 25.8 Å². The fourth-order valence-electron chi connectivity index (χ4n) is 1.73. The van der Waals surface area contributed by atoms with Gasteiger partial charge in [0.2, 0.25) is 0 Å². The van der Waals surface area contributed by atoms with E-state index in [1.807, 2.05) is 0 Å².